The number of benzene rings is 3. The molecule has 0 saturated heterocycles. The second kappa shape index (κ2) is 12.0. The molecule has 0 fully saturated rings. The lowest BCUT2D eigenvalue weighted by Gasteiger charge is -2.28. The highest BCUT2D eigenvalue weighted by atomic mass is 19.4. The van der Waals surface area contributed by atoms with E-state index in [9.17, 15) is 41.4 Å². The van der Waals surface area contributed by atoms with Gasteiger partial charge in [-0.2, -0.15) is 26.3 Å². The summed E-state index contributed by atoms with van der Waals surface area (Å²) in [6, 6.07) is 14.8. The number of alkyl halides is 6. The van der Waals surface area contributed by atoms with Crippen LogP contribution in [0, 0.1) is 0 Å². The van der Waals surface area contributed by atoms with Crippen LogP contribution in [0.3, 0.4) is 0 Å². The number of aliphatic hydroxyl groups is 2. The predicted molar refractivity (Wildman–Crippen MR) is 128 cm³/mol. The van der Waals surface area contributed by atoms with Crippen LogP contribution in [0.25, 0.3) is 0 Å². The maximum atomic E-state index is 13.1. The van der Waals surface area contributed by atoms with Crippen molar-refractivity contribution in [2.45, 2.75) is 31.0 Å². The molecule has 204 valence electrons. The summed E-state index contributed by atoms with van der Waals surface area (Å²) in [5.74, 6) is -0.605. The Bertz CT molecular complexity index is 1160. The topological polar surface area (TPSA) is 86.8 Å². The van der Waals surface area contributed by atoms with E-state index in [-0.39, 0.29) is 30.8 Å². The third kappa shape index (κ3) is 8.04. The third-order valence-corrected chi connectivity index (χ3v) is 6.01. The third-order valence-electron chi connectivity index (χ3n) is 6.01. The van der Waals surface area contributed by atoms with Crippen molar-refractivity contribution in [3.63, 3.8) is 0 Å². The Morgan fingerprint density at radius 3 is 1.61 bits per heavy atom. The van der Waals surface area contributed by atoms with Crippen molar-refractivity contribution in [1.29, 1.82) is 0 Å². The second-order valence-corrected chi connectivity index (χ2v) is 8.85. The first-order chi connectivity index (χ1) is 17.7. The van der Waals surface area contributed by atoms with E-state index in [0.717, 1.165) is 29.8 Å². The lowest BCUT2D eigenvalue weighted by Crippen LogP contribution is -2.34. The normalized spacial score (nSPS) is 13.9. The minimum atomic E-state index is -4.60. The van der Waals surface area contributed by atoms with Gasteiger partial charge in [0.25, 0.3) is 0 Å². The molecule has 4 N–H and O–H groups in total. The van der Waals surface area contributed by atoms with E-state index in [2.05, 4.69) is 0 Å². The summed E-state index contributed by atoms with van der Waals surface area (Å²) in [5, 5.41) is 21.4. The molecule has 3 rings (SSSR count). The number of hydrogen-bond donors (Lipinski definition) is 3. The minimum Gasteiger partial charge on any atom is -0.387 e. The molecule has 0 aromatic heterocycles. The van der Waals surface area contributed by atoms with Crippen molar-refractivity contribution < 1.29 is 41.4 Å². The van der Waals surface area contributed by atoms with Crippen molar-refractivity contribution >= 4 is 5.91 Å². The summed E-state index contributed by atoms with van der Waals surface area (Å²) in [4.78, 5) is 12.8. The Kier molecular flexibility index (Phi) is 9.18. The minimum absolute atomic E-state index is 0.00388. The van der Waals surface area contributed by atoms with Crippen molar-refractivity contribution in [3.05, 3.63) is 106 Å². The molecule has 2 atom stereocenters. The number of nitrogens with two attached hydrogens (primary N) is 1. The highest BCUT2D eigenvalue weighted by Gasteiger charge is 2.32. The molecular formula is C27H26F6N2O3. The van der Waals surface area contributed by atoms with Crippen LogP contribution in [0.2, 0.25) is 0 Å². The summed E-state index contributed by atoms with van der Waals surface area (Å²) in [7, 11) is 0. The van der Waals surface area contributed by atoms with E-state index in [1.807, 2.05) is 0 Å². The van der Waals surface area contributed by atoms with Gasteiger partial charge in [0.1, 0.15) is 0 Å². The van der Waals surface area contributed by atoms with Crippen molar-refractivity contribution in [3.8, 4) is 0 Å². The molecular weight excluding hydrogens is 514 g/mol. The van der Waals surface area contributed by atoms with E-state index in [0.29, 0.717) is 12.0 Å². The molecule has 0 bridgehead atoms. The predicted octanol–water partition coefficient (Wildman–Crippen LogP) is 5.13. The lowest BCUT2D eigenvalue weighted by atomic mass is 10.0. The monoisotopic (exact) mass is 540 g/mol. The first-order valence-electron chi connectivity index (χ1n) is 11.6. The molecule has 0 aliphatic carbocycles. The number of carbonyl (C=O) groups excluding carboxylic acids is 1. The Morgan fingerprint density at radius 1 is 0.763 bits per heavy atom. The summed E-state index contributed by atoms with van der Waals surface area (Å²) >= 11 is 0. The molecule has 3 aromatic rings. The van der Waals surface area contributed by atoms with Gasteiger partial charge in [-0.15, -0.1) is 0 Å². The molecule has 0 aliphatic rings. The number of halogens is 6. The maximum absolute atomic E-state index is 13.1. The zero-order valence-electron chi connectivity index (χ0n) is 20.0. The lowest BCUT2D eigenvalue weighted by molar-refractivity contribution is -0.138. The number of hydrogen-bond acceptors (Lipinski definition) is 4. The van der Waals surface area contributed by atoms with Gasteiger partial charge in [0.05, 0.1) is 23.3 Å². The summed E-state index contributed by atoms with van der Waals surface area (Å²) in [6.07, 6.45) is -11.6. The first-order valence-corrected chi connectivity index (χ1v) is 11.6. The molecule has 3 aromatic carbocycles. The van der Waals surface area contributed by atoms with Gasteiger partial charge in [-0.05, 0) is 59.5 Å². The van der Waals surface area contributed by atoms with E-state index < -0.39 is 41.6 Å². The van der Waals surface area contributed by atoms with Gasteiger partial charge >= 0.3 is 12.4 Å². The number of nitrogens with zero attached hydrogens (tertiary/aromatic N) is 1. The molecule has 0 radical (unpaired) electrons. The van der Waals surface area contributed by atoms with Gasteiger partial charge in [0.15, 0.2) is 0 Å². The Morgan fingerprint density at radius 2 is 1.21 bits per heavy atom. The van der Waals surface area contributed by atoms with Gasteiger partial charge in [-0.25, -0.2) is 0 Å². The smallest absolute Gasteiger partial charge is 0.387 e. The summed E-state index contributed by atoms with van der Waals surface area (Å²) < 4.78 is 78.7. The van der Waals surface area contributed by atoms with Gasteiger partial charge in [0, 0.05) is 25.2 Å². The molecule has 0 heterocycles. The molecule has 5 nitrogen and oxygen atoms in total. The molecule has 0 aliphatic heterocycles. The van der Waals surface area contributed by atoms with Crippen molar-refractivity contribution in [1.82, 2.24) is 4.90 Å². The van der Waals surface area contributed by atoms with Crippen molar-refractivity contribution in [2.24, 2.45) is 5.73 Å². The number of aliphatic hydroxyl groups excluding tert-OH is 2. The zero-order valence-corrected chi connectivity index (χ0v) is 20.0. The molecule has 0 spiro atoms. The Hall–Kier alpha value is -3.41. The van der Waals surface area contributed by atoms with Crippen molar-refractivity contribution in [2.75, 3.05) is 19.6 Å². The molecule has 38 heavy (non-hydrogen) atoms. The zero-order chi connectivity index (χ0) is 28.1. The highest BCUT2D eigenvalue weighted by molar-refractivity contribution is 5.92. The average Bonchev–Trinajstić information content (AvgIpc) is 2.86. The van der Waals surface area contributed by atoms with Crippen LogP contribution in [-0.2, 0) is 18.8 Å². The van der Waals surface area contributed by atoms with Gasteiger partial charge in [0.2, 0.25) is 5.91 Å². The van der Waals surface area contributed by atoms with Gasteiger partial charge in [-0.3, -0.25) is 9.69 Å². The van der Waals surface area contributed by atoms with Crippen LogP contribution >= 0.6 is 0 Å². The molecule has 1 amide bonds. The maximum Gasteiger partial charge on any atom is 0.416 e. The second-order valence-electron chi connectivity index (χ2n) is 8.85. The largest absolute Gasteiger partial charge is 0.416 e. The SMILES string of the molecule is NC(=O)c1ccc(CCN(C[C@@H](O)c2cccc(C(F)(F)F)c2)C[C@@H](O)c2cccc(C(F)(F)F)c2)cc1. The van der Waals surface area contributed by atoms with Crippen LogP contribution in [0.4, 0.5) is 26.3 Å². The fraction of sp³-hybridized carbons (Fsp3) is 0.296. The van der Waals surface area contributed by atoms with Crippen LogP contribution in [-0.4, -0.2) is 40.7 Å². The number of amides is 1. The molecule has 0 unspecified atom stereocenters. The fourth-order valence-corrected chi connectivity index (χ4v) is 3.92. The standard InChI is InChI=1S/C27H26F6N2O3/c28-26(29,30)21-5-1-3-19(13-21)23(36)15-35(12-11-17-7-9-18(10-8-17)25(34)38)16-24(37)20-4-2-6-22(14-20)27(31,32)33/h1-10,13-14,23-24,36-37H,11-12,15-16H2,(H2,34,38)/t23-,24-/m1/s1. The van der Waals surface area contributed by atoms with E-state index >= 15 is 0 Å². The Labute approximate surface area is 215 Å². The molecule has 11 heteroatoms. The fourth-order valence-electron chi connectivity index (χ4n) is 3.92. The Balaban J connectivity index is 1.80. The average molecular weight is 541 g/mol. The highest BCUT2D eigenvalue weighted by Crippen LogP contribution is 2.32. The van der Waals surface area contributed by atoms with E-state index in [4.69, 9.17) is 5.73 Å². The van der Waals surface area contributed by atoms with Crippen LogP contribution in [0.5, 0.6) is 0 Å². The number of rotatable bonds is 10. The van der Waals surface area contributed by atoms with Gasteiger partial charge in [-0.1, -0.05) is 36.4 Å². The molecule has 0 saturated carbocycles. The summed E-state index contributed by atoms with van der Waals surface area (Å²) in [5.41, 5.74) is 4.45. The van der Waals surface area contributed by atoms with E-state index in [1.54, 1.807) is 17.0 Å². The number of primary amides is 1. The van der Waals surface area contributed by atoms with Crippen LogP contribution < -0.4 is 5.73 Å². The summed E-state index contributed by atoms with van der Waals surface area (Å²) in [6.45, 7) is -0.199. The van der Waals surface area contributed by atoms with Crippen LogP contribution in [0.15, 0.2) is 72.8 Å². The van der Waals surface area contributed by atoms with Gasteiger partial charge < -0.3 is 15.9 Å². The quantitative estimate of drug-likeness (QED) is 0.311. The van der Waals surface area contributed by atoms with E-state index in [1.165, 1.54) is 36.4 Å². The number of carbonyl (C=O) groups is 1. The first kappa shape index (κ1) is 29.2. The van der Waals surface area contributed by atoms with Crippen LogP contribution in [0.1, 0.15) is 50.4 Å².